The molecule has 1 aliphatic rings. The van der Waals surface area contributed by atoms with E-state index in [1.807, 2.05) is 6.92 Å². The highest BCUT2D eigenvalue weighted by molar-refractivity contribution is 5.78. The van der Waals surface area contributed by atoms with Crippen LogP contribution in [0.2, 0.25) is 0 Å². The van der Waals surface area contributed by atoms with Gasteiger partial charge in [0.25, 0.3) is 0 Å². The predicted octanol–water partition coefficient (Wildman–Crippen LogP) is 0.873. The summed E-state index contributed by atoms with van der Waals surface area (Å²) in [5.74, 6) is -1.38. The molecule has 0 heterocycles. The fourth-order valence-corrected chi connectivity index (χ4v) is 2.25. The van der Waals surface area contributed by atoms with Crippen LogP contribution in [-0.2, 0) is 9.59 Å². The maximum atomic E-state index is 11.7. The fourth-order valence-electron chi connectivity index (χ4n) is 2.25. The molecule has 0 aromatic carbocycles. The van der Waals surface area contributed by atoms with Gasteiger partial charge in [0.1, 0.15) is 0 Å². The highest BCUT2D eigenvalue weighted by Gasteiger charge is 2.31. The number of hydrogen-bond acceptors (Lipinski definition) is 3. The second kappa shape index (κ2) is 6.59. The summed E-state index contributed by atoms with van der Waals surface area (Å²) < 4.78 is 0. The molecule has 0 saturated heterocycles. The van der Waals surface area contributed by atoms with E-state index in [0.717, 1.165) is 25.7 Å². The number of carbonyl (C=O) groups excluding carboxylic acids is 1. The Balaban J connectivity index is 2.47. The van der Waals surface area contributed by atoms with Crippen LogP contribution >= 0.6 is 0 Å². The Morgan fingerprint density at radius 1 is 1.41 bits per heavy atom. The van der Waals surface area contributed by atoms with Crippen molar-refractivity contribution < 1.29 is 14.7 Å². The van der Waals surface area contributed by atoms with Crippen LogP contribution in [0.1, 0.15) is 45.4 Å². The summed E-state index contributed by atoms with van der Waals surface area (Å²) in [4.78, 5) is 22.7. The predicted molar refractivity (Wildman–Crippen MR) is 64.4 cm³/mol. The Hall–Kier alpha value is -1.10. The van der Waals surface area contributed by atoms with Gasteiger partial charge in [-0.2, -0.15) is 0 Å². The lowest BCUT2D eigenvalue weighted by Crippen LogP contribution is -2.46. The van der Waals surface area contributed by atoms with E-state index in [4.69, 9.17) is 10.8 Å². The fraction of sp³-hybridized carbons (Fsp3) is 0.833. The monoisotopic (exact) mass is 242 g/mol. The van der Waals surface area contributed by atoms with Crippen molar-refractivity contribution in [3.63, 3.8) is 0 Å². The number of nitrogens with two attached hydrogens (primary N) is 1. The quantitative estimate of drug-likeness (QED) is 0.667. The molecule has 0 aromatic rings. The zero-order chi connectivity index (χ0) is 12.8. The van der Waals surface area contributed by atoms with Gasteiger partial charge in [-0.1, -0.05) is 19.8 Å². The molecule has 0 aromatic heterocycles. The molecule has 1 aliphatic carbocycles. The van der Waals surface area contributed by atoms with E-state index in [-0.39, 0.29) is 24.4 Å². The summed E-state index contributed by atoms with van der Waals surface area (Å²) in [7, 11) is 0. The second-order valence-electron chi connectivity index (χ2n) is 4.78. The molecule has 1 fully saturated rings. The van der Waals surface area contributed by atoms with Crippen molar-refractivity contribution >= 4 is 11.9 Å². The Kier molecular flexibility index (Phi) is 5.41. The van der Waals surface area contributed by atoms with E-state index in [2.05, 4.69) is 5.32 Å². The molecular weight excluding hydrogens is 220 g/mol. The normalized spacial score (nSPS) is 26.2. The minimum absolute atomic E-state index is 0.127. The number of amides is 1. The highest BCUT2D eigenvalue weighted by Crippen LogP contribution is 2.24. The lowest BCUT2D eigenvalue weighted by molar-refractivity contribution is -0.144. The maximum absolute atomic E-state index is 11.7. The molecular formula is C12H22N2O3. The van der Waals surface area contributed by atoms with Crippen LogP contribution in [0, 0.1) is 5.92 Å². The maximum Gasteiger partial charge on any atom is 0.308 e. The van der Waals surface area contributed by atoms with Crippen molar-refractivity contribution in [2.24, 2.45) is 11.7 Å². The Morgan fingerprint density at radius 3 is 2.65 bits per heavy atom. The van der Waals surface area contributed by atoms with Gasteiger partial charge in [0.05, 0.1) is 5.92 Å². The zero-order valence-corrected chi connectivity index (χ0v) is 10.3. The third-order valence-corrected chi connectivity index (χ3v) is 3.40. The van der Waals surface area contributed by atoms with Crippen LogP contribution in [-0.4, -0.2) is 29.1 Å². The van der Waals surface area contributed by atoms with Gasteiger partial charge in [0, 0.05) is 18.5 Å². The minimum atomic E-state index is -0.810. The van der Waals surface area contributed by atoms with E-state index in [1.54, 1.807) is 0 Å². The molecule has 0 radical (unpaired) electrons. The summed E-state index contributed by atoms with van der Waals surface area (Å²) in [5.41, 5.74) is 5.70. The molecule has 1 saturated carbocycles. The van der Waals surface area contributed by atoms with Gasteiger partial charge in [0.2, 0.25) is 5.91 Å². The molecule has 17 heavy (non-hydrogen) atoms. The van der Waals surface area contributed by atoms with E-state index >= 15 is 0 Å². The van der Waals surface area contributed by atoms with E-state index in [1.165, 1.54) is 0 Å². The van der Waals surface area contributed by atoms with Gasteiger partial charge in [-0.25, -0.2) is 0 Å². The topological polar surface area (TPSA) is 92.4 Å². The molecule has 1 rings (SSSR count). The number of carboxylic acids is 1. The lowest BCUT2D eigenvalue weighted by atomic mass is 9.84. The van der Waals surface area contributed by atoms with Crippen LogP contribution in [0.25, 0.3) is 0 Å². The number of aliphatic carboxylic acids is 1. The van der Waals surface area contributed by atoms with Crippen molar-refractivity contribution in [1.29, 1.82) is 0 Å². The Bertz CT molecular complexity index is 281. The van der Waals surface area contributed by atoms with Crippen LogP contribution in [0.5, 0.6) is 0 Å². The molecule has 0 spiro atoms. The van der Waals surface area contributed by atoms with Gasteiger partial charge in [0.15, 0.2) is 0 Å². The van der Waals surface area contributed by atoms with Crippen molar-refractivity contribution in [2.75, 3.05) is 0 Å². The summed E-state index contributed by atoms with van der Waals surface area (Å²) in [6.07, 6.45) is 4.34. The first kappa shape index (κ1) is 14.0. The van der Waals surface area contributed by atoms with Crippen LogP contribution < -0.4 is 11.1 Å². The van der Waals surface area contributed by atoms with Gasteiger partial charge >= 0.3 is 5.97 Å². The van der Waals surface area contributed by atoms with Crippen LogP contribution in [0.3, 0.4) is 0 Å². The van der Waals surface area contributed by atoms with Crippen LogP contribution in [0.4, 0.5) is 0 Å². The smallest absolute Gasteiger partial charge is 0.308 e. The van der Waals surface area contributed by atoms with Crippen LogP contribution in [0.15, 0.2) is 0 Å². The molecule has 3 atom stereocenters. The number of carboxylic acid groups (broad SMARTS) is 1. The third-order valence-electron chi connectivity index (χ3n) is 3.40. The van der Waals surface area contributed by atoms with Gasteiger partial charge in [-0.15, -0.1) is 0 Å². The number of rotatable bonds is 5. The summed E-state index contributed by atoms with van der Waals surface area (Å²) in [6, 6.07) is -0.361. The average molecular weight is 242 g/mol. The van der Waals surface area contributed by atoms with Gasteiger partial charge < -0.3 is 16.2 Å². The first-order valence-corrected chi connectivity index (χ1v) is 6.32. The van der Waals surface area contributed by atoms with Crippen molar-refractivity contribution in [3.05, 3.63) is 0 Å². The number of hydrogen-bond donors (Lipinski definition) is 3. The Morgan fingerprint density at radius 2 is 2.06 bits per heavy atom. The molecule has 5 nitrogen and oxygen atoms in total. The van der Waals surface area contributed by atoms with E-state index < -0.39 is 11.9 Å². The van der Waals surface area contributed by atoms with E-state index in [9.17, 15) is 9.59 Å². The lowest BCUT2D eigenvalue weighted by Gasteiger charge is -2.29. The first-order chi connectivity index (χ1) is 8.04. The molecule has 0 aliphatic heterocycles. The van der Waals surface area contributed by atoms with Crippen molar-refractivity contribution in [3.8, 4) is 0 Å². The summed E-state index contributed by atoms with van der Waals surface area (Å²) in [5, 5.41) is 11.9. The molecule has 1 amide bonds. The number of carbonyl (C=O) groups is 2. The second-order valence-corrected chi connectivity index (χ2v) is 4.78. The first-order valence-electron chi connectivity index (χ1n) is 6.32. The minimum Gasteiger partial charge on any atom is -0.481 e. The molecule has 98 valence electrons. The largest absolute Gasteiger partial charge is 0.481 e. The molecule has 4 N–H and O–H groups in total. The van der Waals surface area contributed by atoms with Gasteiger partial charge in [-0.05, 0) is 19.3 Å². The van der Waals surface area contributed by atoms with Crippen molar-refractivity contribution in [2.45, 2.75) is 57.5 Å². The van der Waals surface area contributed by atoms with Gasteiger partial charge in [-0.3, -0.25) is 9.59 Å². The standard InChI is InChI=1S/C12H22N2O3/c1-2-8(13)7-11(15)14-10-6-4-3-5-9(10)12(16)17/h8-10H,2-7,13H2,1H3,(H,14,15)(H,16,17). The third kappa shape index (κ3) is 4.34. The molecule has 3 unspecified atom stereocenters. The van der Waals surface area contributed by atoms with Crippen molar-refractivity contribution in [1.82, 2.24) is 5.32 Å². The highest BCUT2D eigenvalue weighted by atomic mass is 16.4. The Labute approximate surface area is 102 Å². The summed E-state index contributed by atoms with van der Waals surface area (Å²) in [6.45, 7) is 1.93. The average Bonchev–Trinajstić information content (AvgIpc) is 2.29. The number of nitrogens with one attached hydrogen (secondary N) is 1. The SMILES string of the molecule is CCC(N)CC(=O)NC1CCCCC1C(=O)O. The molecule has 5 heteroatoms. The summed E-state index contributed by atoms with van der Waals surface area (Å²) >= 11 is 0. The molecule has 0 bridgehead atoms. The zero-order valence-electron chi connectivity index (χ0n) is 10.3. The van der Waals surface area contributed by atoms with E-state index in [0.29, 0.717) is 6.42 Å².